The summed E-state index contributed by atoms with van der Waals surface area (Å²) in [6.45, 7) is 0.259. The van der Waals surface area contributed by atoms with Gasteiger partial charge in [-0.3, -0.25) is 10.1 Å². The highest BCUT2D eigenvalue weighted by Crippen LogP contribution is 2.33. The number of nitrogens with zero attached hydrogens (tertiary/aromatic N) is 1. The van der Waals surface area contributed by atoms with Gasteiger partial charge in [-0.05, 0) is 0 Å². The van der Waals surface area contributed by atoms with E-state index in [1.165, 1.54) is 0 Å². The lowest BCUT2D eigenvalue weighted by Crippen LogP contribution is -2.60. The second-order valence-corrected chi connectivity index (χ2v) is 4.24. The first-order chi connectivity index (χ1) is 7.63. The fourth-order valence-electron chi connectivity index (χ4n) is 1.84. The third kappa shape index (κ3) is 1.91. The molecule has 0 aromatic heterocycles. The number of ether oxygens (including phenoxy) is 3. The summed E-state index contributed by atoms with van der Waals surface area (Å²) in [6, 6.07) is 0. The Balaban J connectivity index is 2.02. The third-order valence-corrected chi connectivity index (χ3v) is 3.14. The van der Waals surface area contributed by atoms with Crippen LogP contribution in [0.5, 0.6) is 0 Å². The Bertz CT molecular complexity index is 265. The fraction of sp³-hybridized carbons (Fsp3) is 1.00. The van der Waals surface area contributed by atoms with Crippen LogP contribution in [0.25, 0.3) is 0 Å². The van der Waals surface area contributed by atoms with Crippen molar-refractivity contribution in [1.82, 2.24) is 0 Å². The summed E-state index contributed by atoms with van der Waals surface area (Å²) >= 11 is 0. The highest BCUT2D eigenvalue weighted by Gasteiger charge is 2.52. The molecule has 1 N–H and O–H groups in total. The Morgan fingerprint density at radius 2 is 1.81 bits per heavy atom. The van der Waals surface area contributed by atoms with Gasteiger partial charge < -0.3 is 19.3 Å². The Hall–Kier alpha value is -0.760. The number of hydrogen-bond acceptors (Lipinski definition) is 6. The standard InChI is InChI=1S/C9H15NO6/c11-5-8(10(12)13)6-15-9(16-7-8)1-3-14-4-2-9/h11H,1-7H2. The second-order valence-electron chi connectivity index (χ2n) is 4.24. The molecule has 0 radical (unpaired) electrons. The molecule has 0 bridgehead atoms. The van der Waals surface area contributed by atoms with E-state index < -0.39 is 22.9 Å². The zero-order valence-corrected chi connectivity index (χ0v) is 8.89. The number of rotatable bonds is 2. The smallest absolute Gasteiger partial charge is 0.290 e. The molecule has 0 atom stereocenters. The molecule has 0 aliphatic carbocycles. The maximum Gasteiger partial charge on any atom is 0.290 e. The molecule has 0 unspecified atom stereocenters. The van der Waals surface area contributed by atoms with Gasteiger partial charge in [-0.1, -0.05) is 0 Å². The zero-order chi connectivity index (χ0) is 11.6. The molecule has 92 valence electrons. The lowest BCUT2D eigenvalue weighted by Gasteiger charge is -2.43. The van der Waals surface area contributed by atoms with Gasteiger partial charge in [0.2, 0.25) is 0 Å². The normalized spacial score (nSPS) is 27.8. The topological polar surface area (TPSA) is 91.1 Å². The van der Waals surface area contributed by atoms with Crippen molar-refractivity contribution in [3.8, 4) is 0 Å². The molecular formula is C9H15NO6. The van der Waals surface area contributed by atoms with Crippen LogP contribution in [0.2, 0.25) is 0 Å². The maximum absolute atomic E-state index is 10.8. The summed E-state index contributed by atoms with van der Waals surface area (Å²) < 4.78 is 16.1. The van der Waals surface area contributed by atoms with Crippen molar-refractivity contribution in [2.45, 2.75) is 24.2 Å². The quantitative estimate of drug-likeness (QED) is 0.513. The summed E-state index contributed by atoms with van der Waals surface area (Å²) in [6.07, 6.45) is 1.15. The number of aliphatic hydroxyl groups is 1. The molecule has 2 aliphatic heterocycles. The van der Waals surface area contributed by atoms with Crippen molar-refractivity contribution < 1.29 is 24.2 Å². The van der Waals surface area contributed by atoms with Gasteiger partial charge in [0.05, 0.1) is 13.2 Å². The van der Waals surface area contributed by atoms with Crippen LogP contribution >= 0.6 is 0 Å². The molecule has 16 heavy (non-hydrogen) atoms. The minimum absolute atomic E-state index is 0.115. The fourth-order valence-corrected chi connectivity index (χ4v) is 1.84. The molecule has 2 fully saturated rings. The van der Waals surface area contributed by atoms with E-state index in [0.717, 1.165) is 0 Å². The Morgan fingerprint density at radius 3 is 2.25 bits per heavy atom. The van der Waals surface area contributed by atoms with Crippen molar-refractivity contribution in [3.63, 3.8) is 0 Å². The van der Waals surface area contributed by atoms with Crippen LogP contribution in [-0.2, 0) is 14.2 Å². The van der Waals surface area contributed by atoms with Crippen molar-refractivity contribution in [1.29, 1.82) is 0 Å². The van der Waals surface area contributed by atoms with Gasteiger partial charge in [0.25, 0.3) is 5.54 Å². The van der Waals surface area contributed by atoms with E-state index in [1.54, 1.807) is 0 Å². The van der Waals surface area contributed by atoms with E-state index >= 15 is 0 Å². The van der Waals surface area contributed by atoms with E-state index in [0.29, 0.717) is 26.1 Å². The van der Waals surface area contributed by atoms with E-state index in [9.17, 15) is 10.1 Å². The Morgan fingerprint density at radius 1 is 1.25 bits per heavy atom. The molecule has 0 amide bonds. The molecule has 2 aliphatic rings. The van der Waals surface area contributed by atoms with Crippen LogP contribution in [0.4, 0.5) is 0 Å². The predicted molar refractivity (Wildman–Crippen MR) is 51.5 cm³/mol. The monoisotopic (exact) mass is 233 g/mol. The number of aliphatic hydroxyl groups excluding tert-OH is 1. The summed E-state index contributed by atoms with van der Waals surface area (Å²) in [5.74, 6) is -0.743. The van der Waals surface area contributed by atoms with Crippen LogP contribution in [-0.4, -0.2) is 54.4 Å². The molecule has 2 heterocycles. The summed E-state index contributed by atoms with van der Waals surface area (Å²) in [5, 5.41) is 19.9. The minimum Gasteiger partial charge on any atom is -0.389 e. The zero-order valence-electron chi connectivity index (χ0n) is 8.89. The van der Waals surface area contributed by atoms with Crippen LogP contribution in [0.3, 0.4) is 0 Å². The average molecular weight is 233 g/mol. The molecule has 7 heteroatoms. The van der Waals surface area contributed by atoms with Crippen molar-refractivity contribution in [2.24, 2.45) is 0 Å². The van der Waals surface area contributed by atoms with Crippen molar-refractivity contribution in [2.75, 3.05) is 33.0 Å². The molecule has 2 rings (SSSR count). The number of nitro groups is 1. The SMILES string of the molecule is O=[N+]([O-])C1(CO)COC2(CCOCC2)OC1. The maximum atomic E-state index is 10.8. The molecule has 7 nitrogen and oxygen atoms in total. The van der Waals surface area contributed by atoms with Gasteiger partial charge in [-0.2, -0.15) is 0 Å². The van der Waals surface area contributed by atoms with Crippen molar-refractivity contribution in [3.05, 3.63) is 10.1 Å². The third-order valence-electron chi connectivity index (χ3n) is 3.14. The van der Waals surface area contributed by atoms with Gasteiger partial charge in [-0.25, -0.2) is 0 Å². The lowest BCUT2D eigenvalue weighted by atomic mass is 10.00. The first-order valence-electron chi connectivity index (χ1n) is 5.24. The lowest BCUT2D eigenvalue weighted by molar-refractivity contribution is -0.600. The average Bonchev–Trinajstić information content (AvgIpc) is 2.31. The number of hydrogen-bond donors (Lipinski definition) is 1. The summed E-state index contributed by atoms with van der Waals surface area (Å²) in [5.41, 5.74) is -1.51. The van der Waals surface area contributed by atoms with Gasteiger partial charge in [0.1, 0.15) is 19.8 Å². The van der Waals surface area contributed by atoms with Crippen molar-refractivity contribution >= 4 is 0 Å². The van der Waals surface area contributed by atoms with Gasteiger partial charge in [-0.15, -0.1) is 0 Å². The van der Waals surface area contributed by atoms with E-state index in [4.69, 9.17) is 19.3 Å². The second kappa shape index (κ2) is 4.25. The molecule has 2 saturated heterocycles. The minimum atomic E-state index is -1.51. The first-order valence-corrected chi connectivity index (χ1v) is 5.24. The summed E-state index contributed by atoms with van der Waals surface area (Å²) in [4.78, 5) is 10.3. The highest BCUT2D eigenvalue weighted by molar-refractivity contribution is 4.87. The van der Waals surface area contributed by atoms with E-state index in [1.807, 2.05) is 0 Å². The van der Waals surface area contributed by atoms with Crippen LogP contribution < -0.4 is 0 Å². The molecular weight excluding hydrogens is 218 g/mol. The Kier molecular flexibility index (Phi) is 3.11. The molecule has 0 aromatic rings. The van der Waals surface area contributed by atoms with Gasteiger partial charge in [0.15, 0.2) is 5.79 Å². The van der Waals surface area contributed by atoms with Gasteiger partial charge in [0, 0.05) is 17.8 Å². The van der Waals surface area contributed by atoms with Crippen LogP contribution in [0.15, 0.2) is 0 Å². The van der Waals surface area contributed by atoms with Gasteiger partial charge >= 0.3 is 0 Å². The predicted octanol–water partition coefficient (Wildman–Crippen LogP) is -0.452. The molecule has 1 spiro atoms. The van der Waals surface area contributed by atoms with Crippen LogP contribution in [0.1, 0.15) is 12.8 Å². The van der Waals surface area contributed by atoms with E-state index in [2.05, 4.69) is 0 Å². The molecule has 0 saturated carbocycles. The first kappa shape index (κ1) is 11.7. The molecule has 0 aromatic carbocycles. The highest BCUT2D eigenvalue weighted by atomic mass is 16.7. The summed E-state index contributed by atoms with van der Waals surface area (Å²) in [7, 11) is 0. The van der Waals surface area contributed by atoms with Crippen LogP contribution in [0, 0.1) is 10.1 Å². The Labute approximate surface area is 92.4 Å². The van der Waals surface area contributed by atoms with E-state index in [-0.39, 0.29) is 13.2 Å². The largest absolute Gasteiger partial charge is 0.389 e.